The minimum Gasteiger partial charge on any atom is -0.479 e. The second-order valence-electron chi connectivity index (χ2n) is 3.36. The molecule has 15 heavy (non-hydrogen) atoms. The van der Waals surface area contributed by atoms with Crippen LogP contribution in [0.25, 0.3) is 0 Å². The molecule has 0 bridgehead atoms. The average molecular weight is 273 g/mol. The number of ether oxygens (including phenoxy) is 1. The van der Waals surface area contributed by atoms with Gasteiger partial charge in [-0.25, -0.2) is 4.79 Å². The Labute approximate surface area is 97.2 Å². The highest BCUT2D eigenvalue weighted by Gasteiger charge is 2.18. The van der Waals surface area contributed by atoms with Gasteiger partial charge in [-0.15, -0.1) is 0 Å². The van der Waals surface area contributed by atoms with Gasteiger partial charge in [0.15, 0.2) is 6.10 Å². The maximum Gasteiger partial charge on any atom is 0.333 e. The standard InChI is InChI=1S/C11H13BrO3/c1-7-3-4-9(12)8(5-7)6-10(15-2)11(13)14/h3-5,10H,6H2,1-2H3,(H,13,14). The van der Waals surface area contributed by atoms with Crippen LogP contribution in [-0.4, -0.2) is 24.3 Å². The predicted molar refractivity (Wildman–Crippen MR) is 61.0 cm³/mol. The maximum atomic E-state index is 10.8. The van der Waals surface area contributed by atoms with E-state index in [9.17, 15) is 4.79 Å². The molecule has 0 amide bonds. The Hall–Kier alpha value is -0.870. The zero-order valence-electron chi connectivity index (χ0n) is 8.66. The van der Waals surface area contributed by atoms with Gasteiger partial charge in [-0.1, -0.05) is 33.6 Å². The number of aryl methyl sites for hydroxylation is 1. The topological polar surface area (TPSA) is 46.5 Å². The summed E-state index contributed by atoms with van der Waals surface area (Å²) in [7, 11) is 1.41. The van der Waals surface area contributed by atoms with Gasteiger partial charge in [-0.3, -0.25) is 0 Å². The quantitative estimate of drug-likeness (QED) is 0.916. The van der Waals surface area contributed by atoms with Crippen LogP contribution in [0.1, 0.15) is 11.1 Å². The summed E-state index contributed by atoms with van der Waals surface area (Å²) in [5, 5.41) is 8.85. The van der Waals surface area contributed by atoms with Gasteiger partial charge >= 0.3 is 5.97 Å². The zero-order valence-corrected chi connectivity index (χ0v) is 10.2. The zero-order chi connectivity index (χ0) is 11.4. The van der Waals surface area contributed by atoms with Crippen LogP contribution in [0.4, 0.5) is 0 Å². The molecule has 0 aliphatic carbocycles. The van der Waals surface area contributed by atoms with Crippen molar-refractivity contribution in [3.05, 3.63) is 33.8 Å². The fourth-order valence-electron chi connectivity index (χ4n) is 1.33. The molecule has 0 saturated carbocycles. The van der Waals surface area contributed by atoms with Crippen LogP contribution in [-0.2, 0) is 16.0 Å². The summed E-state index contributed by atoms with van der Waals surface area (Å²) in [6.07, 6.45) is -0.420. The van der Waals surface area contributed by atoms with Gasteiger partial charge in [0.25, 0.3) is 0 Å². The molecule has 4 heteroatoms. The van der Waals surface area contributed by atoms with Crippen LogP contribution >= 0.6 is 15.9 Å². The Morgan fingerprint density at radius 1 is 1.60 bits per heavy atom. The van der Waals surface area contributed by atoms with E-state index in [0.717, 1.165) is 15.6 Å². The van der Waals surface area contributed by atoms with Crippen molar-refractivity contribution in [1.82, 2.24) is 0 Å². The number of methoxy groups -OCH3 is 1. The van der Waals surface area contributed by atoms with Crippen LogP contribution in [0, 0.1) is 6.92 Å². The molecular weight excluding hydrogens is 260 g/mol. The van der Waals surface area contributed by atoms with E-state index in [4.69, 9.17) is 9.84 Å². The van der Waals surface area contributed by atoms with Crippen molar-refractivity contribution in [1.29, 1.82) is 0 Å². The smallest absolute Gasteiger partial charge is 0.333 e. The molecule has 0 spiro atoms. The number of halogens is 1. The number of benzene rings is 1. The summed E-state index contributed by atoms with van der Waals surface area (Å²) in [5.41, 5.74) is 2.05. The minimum atomic E-state index is -0.939. The van der Waals surface area contributed by atoms with E-state index in [1.807, 2.05) is 25.1 Å². The number of aliphatic carboxylic acids is 1. The van der Waals surface area contributed by atoms with Gasteiger partial charge in [-0.05, 0) is 18.6 Å². The van der Waals surface area contributed by atoms with Crippen LogP contribution < -0.4 is 0 Å². The SMILES string of the molecule is COC(Cc1cc(C)ccc1Br)C(=O)O. The summed E-state index contributed by atoms with van der Waals surface area (Å²) >= 11 is 3.39. The molecule has 3 nitrogen and oxygen atoms in total. The van der Waals surface area contributed by atoms with E-state index in [-0.39, 0.29) is 0 Å². The molecule has 1 rings (SSSR count). The van der Waals surface area contributed by atoms with Crippen molar-refractivity contribution in [2.24, 2.45) is 0 Å². The second kappa shape index (κ2) is 5.28. The molecule has 82 valence electrons. The molecule has 0 radical (unpaired) electrons. The summed E-state index contributed by atoms with van der Waals surface area (Å²) in [4.78, 5) is 10.8. The summed E-state index contributed by atoms with van der Waals surface area (Å²) in [5.74, 6) is -0.939. The molecule has 0 aliphatic heterocycles. The Bertz CT molecular complexity index is 363. The number of carboxylic acids is 1. The van der Waals surface area contributed by atoms with Crippen molar-refractivity contribution in [3.63, 3.8) is 0 Å². The third-order valence-corrected chi connectivity index (χ3v) is 2.94. The van der Waals surface area contributed by atoms with Crippen molar-refractivity contribution in [3.8, 4) is 0 Å². The van der Waals surface area contributed by atoms with E-state index >= 15 is 0 Å². The third kappa shape index (κ3) is 3.32. The third-order valence-electron chi connectivity index (χ3n) is 2.17. The van der Waals surface area contributed by atoms with Gasteiger partial charge < -0.3 is 9.84 Å². The Balaban J connectivity index is 2.87. The van der Waals surface area contributed by atoms with Gasteiger partial charge in [0.05, 0.1) is 0 Å². The molecule has 1 aromatic rings. The lowest BCUT2D eigenvalue weighted by atomic mass is 10.1. The predicted octanol–water partition coefficient (Wildman–Crippen LogP) is 2.40. The molecule has 0 aliphatic rings. The van der Waals surface area contributed by atoms with Crippen LogP contribution in [0.15, 0.2) is 22.7 Å². The lowest BCUT2D eigenvalue weighted by Gasteiger charge is -2.12. The first-order valence-electron chi connectivity index (χ1n) is 4.55. The lowest BCUT2D eigenvalue weighted by molar-refractivity contribution is -0.148. The van der Waals surface area contributed by atoms with E-state index in [1.54, 1.807) is 0 Å². The molecule has 1 atom stereocenters. The lowest BCUT2D eigenvalue weighted by Crippen LogP contribution is -2.25. The fourth-order valence-corrected chi connectivity index (χ4v) is 1.74. The fraction of sp³-hybridized carbons (Fsp3) is 0.364. The number of rotatable bonds is 4. The second-order valence-corrected chi connectivity index (χ2v) is 4.22. The summed E-state index contributed by atoms with van der Waals surface area (Å²) < 4.78 is 5.80. The van der Waals surface area contributed by atoms with Crippen LogP contribution in [0.3, 0.4) is 0 Å². The first-order chi connectivity index (χ1) is 7.04. The van der Waals surface area contributed by atoms with Gasteiger partial charge in [0.1, 0.15) is 0 Å². The number of carboxylic acid groups (broad SMARTS) is 1. The van der Waals surface area contributed by atoms with E-state index in [1.165, 1.54) is 7.11 Å². The van der Waals surface area contributed by atoms with Crippen molar-refractivity contribution in [2.45, 2.75) is 19.4 Å². The number of carbonyl (C=O) groups is 1. The molecule has 1 N–H and O–H groups in total. The highest BCUT2D eigenvalue weighted by molar-refractivity contribution is 9.10. The molecule has 0 fully saturated rings. The van der Waals surface area contributed by atoms with Crippen molar-refractivity contribution < 1.29 is 14.6 Å². The van der Waals surface area contributed by atoms with E-state index in [2.05, 4.69) is 15.9 Å². The maximum absolute atomic E-state index is 10.8. The van der Waals surface area contributed by atoms with Crippen molar-refractivity contribution in [2.75, 3.05) is 7.11 Å². The Kier molecular flexibility index (Phi) is 4.29. The highest BCUT2D eigenvalue weighted by Crippen LogP contribution is 2.20. The molecule has 0 aromatic heterocycles. The van der Waals surface area contributed by atoms with Gasteiger partial charge in [0, 0.05) is 18.0 Å². The first kappa shape index (κ1) is 12.2. The summed E-state index contributed by atoms with van der Waals surface area (Å²) in [6.45, 7) is 1.97. The Morgan fingerprint density at radius 3 is 2.80 bits per heavy atom. The molecule has 1 unspecified atom stereocenters. The van der Waals surface area contributed by atoms with Gasteiger partial charge in [-0.2, -0.15) is 0 Å². The average Bonchev–Trinajstić information content (AvgIpc) is 2.18. The van der Waals surface area contributed by atoms with Crippen LogP contribution in [0.2, 0.25) is 0 Å². The van der Waals surface area contributed by atoms with Crippen LogP contribution in [0.5, 0.6) is 0 Å². The van der Waals surface area contributed by atoms with Crippen molar-refractivity contribution >= 4 is 21.9 Å². The van der Waals surface area contributed by atoms with E-state index < -0.39 is 12.1 Å². The Morgan fingerprint density at radius 2 is 2.27 bits per heavy atom. The molecule has 0 saturated heterocycles. The molecule has 1 aromatic carbocycles. The normalized spacial score (nSPS) is 12.5. The molecule has 0 heterocycles. The monoisotopic (exact) mass is 272 g/mol. The number of hydrogen-bond acceptors (Lipinski definition) is 2. The summed E-state index contributed by atoms with van der Waals surface area (Å²) in [6, 6.07) is 5.84. The number of hydrogen-bond donors (Lipinski definition) is 1. The first-order valence-corrected chi connectivity index (χ1v) is 5.34. The minimum absolute atomic E-state index is 0.369. The largest absolute Gasteiger partial charge is 0.479 e. The van der Waals surface area contributed by atoms with Gasteiger partial charge in [0.2, 0.25) is 0 Å². The van der Waals surface area contributed by atoms with E-state index in [0.29, 0.717) is 6.42 Å². The highest BCUT2D eigenvalue weighted by atomic mass is 79.9. The molecular formula is C11H13BrO3.